The molecule has 0 spiro atoms. The molecule has 0 amide bonds. The summed E-state index contributed by atoms with van der Waals surface area (Å²) in [6.07, 6.45) is 14.4. The summed E-state index contributed by atoms with van der Waals surface area (Å²) >= 11 is 0. The average molecular weight is 312 g/mol. The van der Waals surface area contributed by atoms with Crippen LogP contribution < -0.4 is 0 Å². The quantitative estimate of drug-likeness (QED) is 0.470. The molecular formula is C22H32O. The van der Waals surface area contributed by atoms with E-state index < -0.39 is 0 Å². The molecule has 126 valence electrons. The zero-order valence-electron chi connectivity index (χ0n) is 15.2. The lowest BCUT2D eigenvalue weighted by Gasteiger charge is -2.60. The fraction of sp³-hybridized carbons (Fsp3) is 0.682. The van der Waals surface area contributed by atoms with E-state index in [1.165, 1.54) is 19.3 Å². The summed E-state index contributed by atoms with van der Waals surface area (Å²) in [6, 6.07) is 0. The van der Waals surface area contributed by atoms with Crippen LogP contribution in [0.3, 0.4) is 0 Å². The Morgan fingerprint density at radius 2 is 1.91 bits per heavy atom. The first kappa shape index (κ1) is 16.7. The third-order valence-electron chi connectivity index (χ3n) is 7.77. The number of carbonyl (C=O) groups is 1. The number of fused-ring (bicyclic) bond motifs is 3. The van der Waals surface area contributed by atoms with E-state index in [2.05, 4.69) is 46.1 Å². The maximum Gasteiger partial charge on any atom is 0.161 e. The Morgan fingerprint density at radius 3 is 2.57 bits per heavy atom. The van der Waals surface area contributed by atoms with Crippen LogP contribution in [0.25, 0.3) is 0 Å². The van der Waals surface area contributed by atoms with E-state index in [-0.39, 0.29) is 22.0 Å². The summed E-state index contributed by atoms with van der Waals surface area (Å²) in [5, 5.41) is 0. The minimum atomic E-state index is -0.220. The second-order valence-electron chi connectivity index (χ2n) is 8.85. The highest BCUT2D eigenvalue weighted by molar-refractivity contribution is 5.94. The average Bonchev–Trinajstić information content (AvgIpc) is 2.54. The number of rotatable bonds is 3. The van der Waals surface area contributed by atoms with Gasteiger partial charge in [0.15, 0.2) is 5.78 Å². The SMILES string of the molecule is C=CC(=O)[C@]1(C)CCC[C@@]2(C)C3=CCC[C@](C)(C=C)C3CCC12. The second-order valence-corrected chi connectivity index (χ2v) is 8.85. The minimum absolute atomic E-state index is 0.180. The number of allylic oxidation sites excluding steroid dienone is 4. The fourth-order valence-corrected chi connectivity index (χ4v) is 6.29. The van der Waals surface area contributed by atoms with Gasteiger partial charge in [-0.2, -0.15) is 0 Å². The van der Waals surface area contributed by atoms with Crippen molar-refractivity contribution >= 4 is 5.78 Å². The number of hydrogen-bond acceptors (Lipinski definition) is 1. The Morgan fingerprint density at radius 1 is 1.17 bits per heavy atom. The van der Waals surface area contributed by atoms with Crippen LogP contribution in [0.2, 0.25) is 0 Å². The van der Waals surface area contributed by atoms with Crippen LogP contribution in [-0.4, -0.2) is 5.78 Å². The van der Waals surface area contributed by atoms with E-state index in [4.69, 9.17) is 0 Å². The van der Waals surface area contributed by atoms with Crippen molar-refractivity contribution in [3.63, 3.8) is 0 Å². The van der Waals surface area contributed by atoms with Gasteiger partial charge in [-0.25, -0.2) is 0 Å². The van der Waals surface area contributed by atoms with Crippen molar-refractivity contribution in [1.29, 1.82) is 0 Å². The van der Waals surface area contributed by atoms with Gasteiger partial charge < -0.3 is 0 Å². The predicted molar refractivity (Wildman–Crippen MR) is 97.1 cm³/mol. The van der Waals surface area contributed by atoms with Crippen LogP contribution in [0, 0.1) is 28.1 Å². The summed E-state index contributed by atoms with van der Waals surface area (Å²) in [4.78, 5) is 12.7. The third kappa shape index (κ3) is 2.22. The molecule has 2 unspecified atom stereocenters. The van der Waals surface area contributed by atoms with Gasteiger partial charge in [-0.1, -0.05) is 51.5 Å². The molecule has 0 saturated heterocycles. The van der Waals surface area contributed by atoms with Crippen LogP contribution in [0.5, 0.6) is 0 Å². The standard InChI is InChI=1S/C22H32O/c1-6-19(23)22(5)15-9-14-21(4)17-10-8-13-20(3,7-2)16(17)11-12-18(21)22/h6-7,10,16,18H,1-2,8-9,11-15H2,3-5H3/t16?,18?,20-,21-,22+/m0/s1. The maximum atomic E-state index is 12.7. The highest BCUT2D eigenvalue weighted by Gasteiger charge is 2.58. The summed E-state index contributed by atoms with van der Waals surface area (Å²) in [7, 11) is 0. The first-order valence-electron chi connectivity index (χ1n) is 9.33. The van der Waals surface area contributed by atoms with E-state index in [1.807, 2.05) is 0 Å². The van der Waals surface area contributed by atoms with Gasteiger partial charge in [0.2, 0.25) is 0 Å². The second kappa shape index (κ2) is 5.46. The lowest BCUT2D eigenvalue weighted by molar-refractivity contribution is -0.135. The van der Waals surface area contributed by atoms with Crippen molar-refractivity contribution in [3.05, 3.63) is 37.0 Å². The molecule has 3 aliphatic carbocycles. The van der Waals surface area contributed by atoms with Gasteiger partial charge in [-0.3, -0.25) is 4.79 Å². The van der Waals surface area contributed by atoms with E-state index in [0.29, 0.717) is 11.8 Å². The van der Waals surface area contributed by atoms with Crippen LogP contribution in [-0.2, 0) is 4.79 Å². The molecule has 0 heterocycles. The summed E-state index contributed by atoms with van der Waals surface area (Å²) in [5.74, 6) is 1.34. The van der Waals surface area contributed by atoms with Crippen LogP contribution in [0.15, 0.2) is 37.0 Å². The highest BCUT2D eigenvalue weighted by Crippen LogP contribution is 2.65. The lowest BCUT2D eigenvalue weighted by Crippen LogP contribution is -2.53. The normalized spacial score (nSPS) is 46.1. The number of ketones is 1. The Labute approximate surface area is 141 Å². The van der Waals surface area contributed by atoms with Crippen LogP contribution in [0.1, 0.15) is 65.7 Å². The fourth-order valence-electron chi connectivity index (χ4n) is 6.29. The third-order valence-corrected chi connectivity index (χ3v) is 7.77. The van der Waals surface area contributed by atoms with Crippen molar-refractivity contribution in [2.75, 3.05) is 0 Å². The maximum absolute atomic E-state index is 12.7. The largest absolute Gasteiger partial charge is 0.294 e. The van der Waals surface area contributed by atoms with E-state index in [1.54, 1.807) is 11.6 Å². The summed E-state index contributed by atoms with van der Waals surface area (Å²) in [6.45, 7) is 15.0. The van der Waals surface area contributed by atoms with Crippen molar-refractivity contribution in [2.45, 2.75) is 65.7 Å². The van der Waals surface area contributed by atoms with Gasteiger partial charge in [-0.15, -0.1) is 6.58 Å². The van der Waals surface area contributed by atoms with Gasteiger partial charge >= 0.3 is 0 Å². The molecule has 0 aromatic carbocycles. The Bertz CT molecular complexity index is 571. The van der Waals surface area contributed by atoms with Crippen molar-refractivity contribution < 1.29 is 4.79 Å². The molecule has 23 heavy (non-hydrogen) atoms. The van der Waals surface area contributed by atoms with E-state index >= 15 is 0 Å². The highest BCUT2D eigenvalue weighted by atomic mass is 16.1. The zero-order valence-corrected chi connectivity index (χ0v) is 15.2. The lowest BCUT2D eigenvalue weighted by atomic mass is 9.44. The predicted octanol–water partition coefficient (Wildman–Crippen LogP) is 5.88. The van der Waals surface area contributed by atoms with Gasteiger partial charge in [-0.05, 0) is 67.3 Å². The van der Waals surface area contributed by atoms with Gasteiger partial charge in [0, 0.05) is 5.41 Å². The zero-order chi connectivity index (χ0) is 16.9. The summed E-state index contributed by atoms with van der Waals surface area (Å²) in [5.41, 5.74) is 1.83. The first-order valence-corrected chi connectivity index (χ1v) is 9.33. The molecule has 1 nitrogen and oxygen atoms in total. The molecule has 0 aromatic heterocycles. The molecule has 0 radical (unpaired) electrons. The molecule has 5 atom stereocenters. The number of hydrogen-bond donors (Lipinski definition) is 0. The van der Waals surface area contributed by atoms with Crippen LogP contribution in [0.4, 0.5) is 0 Å². The van der Waals surface area contributed by atoms with Gasteiger partial charge in [0.05, 0.1) is 0 Å². The van der Waals surface area contributed by atoms with Crippen LogP contribution >= 0.6 is 0 Å². The smallest absolute Gasteiger partial charge is 0.161 e. The Kier molecular flexibility index (Phi) is 3.98. The first-order chi connectivity index (χ1) is 10.8. The van der Waals surface area contributed by atoms with E-state index in [9.17, 15) is 4.79 Å². The molecule has 0 N–H and O–H groups in total. The topological polar surface area (TPSA) is 17.1 Å². The Hall–Kier alpha value is -1.11. The molecule has 3 aliphatic rings. The molecule has 0 aromatic rings. The molecule has 0 aliphatic heterocycles. The molecule has 0 bridgehead atoms. The van der Waals surface area contributed by atoms with Gasteiger partial charge in [0.1, 0.15) is 0 Å². The molecule has 2 fully saturated rings. The molecular weight excluding hydrogens is 280 g/mol. The summed E-state index contributed by atoms with van der Waals surface area (Å²) < 4.78 is 0. The molecule has 2 saturated carbocycles. The minimum Gasteiger partial charge on any atom is -0.294 e. The number of carbonyl (C=O) groups excluding carboxylic acids is 1. The Balaban J connectivity index is 2.04. The van der Waals surface area contributed by atoms with Crippen molar-refractivity contribution in [2.24, 2.45) is 28.1 Å². The van der Waals surface area contributed by atoms with Crippen molar-refractivity contribution in [3.8, 4) is 0 Å². The van der Waals surface area contributed by atoms with Crippen molar-refractivity contribution in [1.82, 2.24) is 0 Å². The van der Waals surface area contributed by atoms with Gasteiger partial charge in [0.25, 0.3) is 0 Å². The molecule has 1 heteroatoms. The van der Waals surface area contributed by atoms with E-state index in [0.717, 1.165) is 25.7 Å². The molecule has 3 rings (SSSR count). The monoisotopic (exact) mass is 312 g/mol.